The van der Waals surface area contributed by atoms with Crippen molar-refractivity contribution >= 4 is 16.7 Å². The fourth-order valence-electron chi connectivity index (χ4n) is 2.22. The van der Waals surface area contributed by atoms with E-state index >= 15 is 0 Å². The highest BCUT2D eigenvalue weighted by molar-refractivity contribution is 5.98. The van der Waals surface area contributed by atoms with Gasteiger partial charge >= 0.3 is 0 Å². The number of amides is 1. The van der Waals surface area contributed by atoms with Gasteiger partial charge in [0.2, 0.25) is 0 Å². The van der Waals surface area contributed by atoms with Crippen LogP contribution in [0.1, 0.15) is 15.9 Å². The predicted molar refractivity (Wildman–Crippen MR) is 81.5 cm³/mol. The second-order valence-corrected chi connectivity index (χ2v) is 4.87. The molecule has 0 bridgehead atoms. The van der Waals surface area contributed by atoms with Gasteiger partial charge in [-0.25, -0.2) is 4.39 Å². The molecule has 3 aromatic rings. The second-order valence-electron chi connectivity index (χ2n) is 4.87. The molecular weight excluding hydrogens is 265 g/mol. The Morgan fingerprint density at radius 2 is 1.62 bits per heavy atom. The van der Waals surface area contributed by atoms with Crippen molar-refractivity contribution in [2.24, 2.45) is 0 Å². The highest BCUT2D eigenvalue weighted by atomic mass is 19.1. The van der Waals surface area contributed by atoms with E-state index in [-0.39, 0.29) is 11.7 Å². The van der Waals surface area contributed by atoms with Gasteiger partial charge in [-0.15, -0.1) is 0 Å². The zero-order valence-corrected chi connectivity index (χ0v) is 11.3. The molecule has 0 saturated heterocycles. The van der Waals surface area contributed by atoms with Gasteiger partial charge in [-0.3, -0.25) is 4.79 Å². The smallest absolute Gasteiger partial charge is 0.251 e. The molecule has 21 heavy (non-hydrogen) atoms. The zero-order valence-electron chi connectivity index (χ0n) is 11.3. The van der Waals surface area contributed by atoms with Gasteiger partial charge in [0.25, 0.3) is 5.91 Å². The average molecular weight is 279 g/mol. The van der Waals surface area contributed by atoms with Gasteiger partial charge in [-0.1, -0.05) is 42.5 Å². The highest BCUT2D eigenvalue weighted by Gasteiger charge is 2.06. The summed E-state index contributed by atoms with van der Waals surface area (Å²) in [5.74, 6) is -0.412. The molecule has 0 aliphatic heterocycles. The Balaban J connectivity index is 1.73. The van der Waals surface area contributed by atoms with Crippen molar-refractivity contribution in [3.63, 3.8) is 0 Å². The lowest BCUT2D eigenvalue weighted by Gasteiger charge is -2.06. The van der Waals surface area contributed by atoms with E-state index in [1.54, 1.807) is 12.1 Å². The Labute approximate surface area is 122 Å². The Kier molecular flexibility index (Phi) is 3.65. The third kappa shape index (κ3) is 3.08. The molecule has 0 radical (unpaired) electrons. The molecule has 1 amide bonds. The van der Waals surface area contributed by atoms with Gasteiger partial charge in [0.1, 0.15) is 5.82 Å². The molecule has 0 heterocycles. The normalized spacial score (nSPS) is 10.5. The van der Waals surface area contributed by atoms with Crippen LogP contribution in [-0.2, 0) is 6.54 Å². The third-order valence-electron chi connectivity index (χ3n) is 3.38. The summed E-state index contributed by atoms with van der Waals surface area (Å²) < 4.78 is 12.8. The minimum atomic E-state index is -0.278. The summed E-state index contributed by atoms with van der Waals surface area (Å²) in [6.45, 7) is 0.381. The summed E-state index contributed by atoms with van der Waals surface area (Å²) in [5.41, 5.74) is 1.49. The van der Waals surface area contributed by atoms with Crippen molar-refractivity contribution in [2.75, 3.05) is 0 Å². The molecule has 0 fully saturated rings. The quantitative estimate of drug-likeness (QED) is 0.773. The summed E-state index contributed by atoms with van der Waals surface area (Å²) in [6, 6.07) is 19.6. The monoisotopic (exact) mass is 279 g/mol. The van der Waals surface area contributed by atoms with Crippen LogP contribution in [0.2, 0.25) is 0 Å². The van der Waals surface area contributed by atoms with Crippen LogP contribution in [-0.4, -0.2) is 5.91 Å². The lowest BCUT2D eigenvalue weighted by molar-refractivity contribution is 0.0951. The minimum absolute atomic E-state index is 0.134. The molecule has 104 valence electrons. The lowest BCUT2D eigenvalue weighted by atomic mass is 10.1. The van der Waals surface area contributed by atoms with Crippen molar-refractivity contribution in [3.05, 3.63) is 83.7 Å². The van der Waals surface area contributed by atoms with Crippen LogP contribution >= 0.6 is 0 Å². The molecule has 0 atom stereocenters. The zero-order chi connectivity index (χ0) is 14.7. The molecule has 1 N–H and O–H groups in total. The van der Waals surface area contributed by atoms with Crippen molar-refractivity contribution in [2.45, 2.75) is 6.54 Å². The summed E-state index contributed by atoms with van der Waals surface area (Å²) in [7, 11) is 0. The molecule has 0 spiro atoms. The van der Waals surface area contributed by atoms with Gasteiger partial charge < -0.3 is 5.32 Å². The van der Waals surface area contributed by atoms with Crippen molar-refractivity contribution in [1.82, 2.24) is 5.32 Å². The van der Waals surface area contributed by atoms with Crippen LogP contribution in [0.4, 0.5) is 4.39 Å². The summed E-state index contributed by atoms with van der Waals surface area (Å²) in [4.78, 5) is 12.1. The van der Waals surface area contributed by atoms with Crippen LogP contribution in [0.5, 0.6) is 0 Å². The lowest BCUT2D eigenvalue weighted by Crippen LogP contribution is -2.22. The molecule has 3 aromatic carbocycles. The largest absolute Gasteiger partial charge is 0.348 e. The maximum Gasteiger partial charge on any atom is 0.251 e. The first-order chi connectivity index (χ1) is 10.2. The summed E-state index contributed by atoms with van der Waals surface area (Å²) >= 11 is 0. The third-order valence-corrected chi connectivity index (χ3v) is 3.38. The minimum Gasteiger partial charge on any atom is -0.348 e. The number of benzene rings is 3. The number of rotatable bonds is 3. The van der Waals surface area contributed by atoms with E-state index < -0.39 is 0 Å². The van der Waals surface area contributed by atoms with Crippen LogP contribution in [0, 0.1) is 5.82 Å². The van der Waals surface area contributed by atoms with Gasteiger partial charge in [0, 0.05) is 12.1 Å². The van der Waals surface area contributed by atoms with Gasteiger partial charge in [-0.05, 0) is 40.6 Å². The van der Waals surface area contributed by atoms with Gasteiger partial charge in [-0.2, -0.15) is 0 Å². The molecule has 0 unspecified atom stereocenters. The van der Waals surface area contributed by atoms with E-state index in [2.05, 4.69) is 5.32 Å². The van der Waals surface area contributed by atoms with Crippen molar-refractivity contribution in [3.8, 4) is 0 Å². The van der Waals surface area contributed by atoms with Crippen LogP contribution in [0.15, 0.2) is 66.7 Å². The molecule has 3 rings (SSSR count). The molecule has 0 saturated carbocycles. The predicted octanol–water partition coefficient (Wildman–Crippen LogP) is 3.91. The number of halogens is 1. The van der Waals surface area contributed by atoms with Gasteiger partial charge in [0.05, 0.1) is 0 Å². The molecule has 3 heteroatoms. The Morgan fingerprint density at radius 1 is 0.905 bits per heavy atom. The maximum absolute atomic E-state index is 12.8. The van der Waals surface area contributed by atoms with Gasteiger partial charge in [0.15, 0.2) is 0 Å². The SMILES string of the molecule is O=C(NCc1ccc(F)cc1)c1ccc2ccccc2c1. The number of carbonyl (C=O) groups is 1. The highest BCUT2D eigenvalue weighted by Crippen LogP contribution is 2.15. The first kappa shape index (κ1) is 13.3. The van der Waals surface area contributed by atoms with Crippen molar-refractivity contribution < 1.29 is 9.18 Å². The number of nitrogens with one attached hydrogen (secondary N) is 1. The molecule has 0 aliphatic rings. The van der Waals surface area contributed by atoms with E-state index in [0.29, 0.717) is 12.1 Å². The second kappa shape index (κ2) is 5.75. The fourth-order valence-corrected chi connectivity index (χ4v) is 2.22. The van der Waals surface area contributed by atoms with Crippen LogP contribution in [0.25, 0.3) is 10.8 Å². The van der Waals surface area contributed by atoms with E-state index in [4.69, 9.17) is 0 Å². The first-order valence-electron chi connectivity index (χ1n) is 6.74. The van der Waals surface area contributed by atoms with E-state index in [1.165, 1.54) is 12.1 Å². The number of fused-ring (bicyclic) bond motifs is 1. The Hall–Kier alpha value is -2.68. The number of carbonyl (C=O) groups excluding carboxylic acids is 1. The Bertz CT molecular complexity index is 781. The standard InChI is InChI=1S/C18H14FNO/c19-17-9-5-13(6-10-17)12-20-18(21)16-8-7-14-3-1-2-4-15(14)11-16/h1-11H,12H2,(H,20,21). The van der Waals surface area contributed by atoms with Crippen LogP contribution < -0.4 is 5.32 Å². The summed E-state index contributed by atoms with van der Waals surface area (Å²) in [6.07, 6.45) is 0. The van der Waals surface area contributed by atoms with E-state index in [9.17, 15) is 9.18 Å². The maximum atomic E-state index is 12.8. The van der Waals surface area contributed by atoms with Crippen molar-refractivity contribution in [1.29, 1.82) is 0 Å². The summed E-state index contributed by atoms with van der Waals surface area (Å²) in [5, 5.41) is 4.98. The van der Waals surface area contributed by atoms with Crippen LogP contribution in [0.3, 0.4) is 0 Å². The van der Waals surface area contributed by atoms with E-state index in [1.807, 2.05) is 42.5 Å². The Morgan fingerprint density at radius 3 is 2.38 bits per heavy atom. The average Bonchev–Trinajstić information content (AvgIpc) is 2.53. The first-order valence-corrected chi connectivity index (χ1v) is 6.74. The molecule has 0 aliphatic carbocycles. The molecule has 2 nitrogen and oxygen atoms in total. The molecular formula is C18H14FNO. The fraction of sp³-hybridized carbons (Fsp3) is 0.0556. The number of hydrogen-bond donors (Lipinski definition) is 1. The molecule has 0 aromatic heterocycles. The topological polar surface area (TPSA) is 29.1 Å². The number of hydrogen-bond acceptors (Lipinski definition) is 1. The van der Waals surface area contributed by atoms with E-state index in [0.717, 1.165) is 16.3 Å².